The van der Waals surface area contributed by atoms with Crippen molar-refractivity contribution in [2.24, 2.45) is 0 Å². The number of pyridine rings is 1. The van der Waals surface area contributed by atoms with Crippen molar-refractivity contribution in [3.63, 3.8) is 0 Å². The fraction of sp³-hybridized carbons (Fsp3) is 0.333. The van der Waals surface area contributed by atoms with Gasteiger partial charge in [0.25, 0.3) is 0 Å². The van der Waals surface area contributed by atoms with Crippen LogP contribution < -0.4 is 10.1 Å². The fourth-order valence-corrected chi connectivity index (χ4v) is 1.87. The third-order valence-electron chi connectivity index (χ3n) is 3.14. The highest BCUT2D eigenvalue weighted by Gasteiger charge is 2.11. The second-order valence-electron chi connectivity index (χ2n) is 4.50. The second-order valence-corrected chi connectivity index (χ2v) is 4.50. The summed E-state index contributed by atoms with van der Waals surface area (Å²) in [6, 6.07) is 5.94. The van der Waals surface area contributed by atoms with Crippen molar-refractivity contribution in [3.05, 3.63) is 40.7 Å². The molecule has 0 aliphatic rings. The largest absolute Gasteiger partial charge is 0.478 e. The molecule has 0 aliphatic carbocycles. The molecule has 0 spiro atoms. The van der Waals surface area contributed by atoms with E-state index in [4.69, 9.17) is 4.74 Å². The van der Waals surface area contributed by atoms with Gasteiger partial charge >= 0.3 is 0 Å². The van der Waals surface area contributed by atoms with Crippen molar-refractivity contribution >= 4 is 5.82 Å². The van der Waals surface area contributed by atoms with Crippen molar-refractivity contribution in [2.75, 3.05) is 11.9 Å². The van der Waals surface area contributed by atoms with E-state index < -0.39 is 0 Å². The fourth-order valence-electron chi connectivity index (χ4n) is 1.87. The highest BCUT2D eigenvalue weighted by molar-refractivity contribution is 5.56. The van der Waals surface area contributed by atoms with Crippen LogP contribution >= 0.6 is 0 Å². The summed E-state index contributed by atoms with van der Waals surface area (Å²) in [7, 11) is 0. The number of aryl methyl sites for hydroxylation is 1. The molecule has 108 valence electrons. The van der Waals surface area contributed by atoms with Gasteiger partial charge in [-0.3, -0.25) is 0 Å². The number of nitrogens with zero attached hydrogens (tertiary/aromatic N) is 4. The van der Waals surface area contributed by atoms with Crippen molar-refractivity contribution in [2.45, 2.75) is 27.3 Å². The Morgan fingerprint density at radius 2 is 2.14 bits per heavy atom. The second kappa shape index (κ2) is 6.66. The molecule has 2 aromatic rings. The Bertz CT molecular complexity index is 678. The molecule has 21 heavy (non-hydrogen) atoms. The molecule has 2 rings (SSSR count). The minimum atomic E-state index is 0.467. The minimum absolute atomic E-state index is 0.467. The van der Waals surface area contributed by atoms with E-state index in [2.05, 4.69) is 26.6 Å². The molecular weight excluding hydrogens is 266 g/mol. The van der Waals surface area contributed by atoms with Gasteiger partial charge in [-0.2, -0.15) is 10.4 Å². The average molecular weight is 283 g/mol. The number of hydrogen-bond acceptors (Lipinski definition) is 6. The summed E-state index contributed by atoms with van der Waals surface area (Å²) < 4.78 is 5.47. The van der Waals surface area contributed by atoms with E-state index in [-0.39, 0.29) is 0 Å². The zero-order chi connectivity index (χ0) is 15.2. The number of anilines is 1. The Kier molecular flexibility index (Phi) is 4.67. The first-order valence-corrected chi connectivity index (χ1v) is 6.71. The van der Waals surface area contributed by atoms with Crippen LogP contribution in [0.1, 0.15) is 29.3 Å². The topological polar surface area (TPSA) is 83.7 Å². The Balaban J connectivity index is 2.22. The molecule has 2 aromatic heterocycles. The number of rotatable bonds is 5. The first-order valence-electron chi connectivity index (χ1n) is 6.71. The van der Waals surface area contributed by atoms with E-state index >= 15 is 0 Å². The zero-order valence-corrected chi connectivity index (χ0v) is 12.3. The number of nitriles is 1. The summed E-state index contributed by atoms with van der Waals surface area (Å²) in [6.45, 7) is 6.63. The van der Waals surface area contributed by atoms with E-state index in [1.54, 1.807) is 6.20 Å². The van der Waals surface area contributed by atoms with Crippen LogP contribution in [0.15, 0.2) is 18.3 Å². The number of hydrogen-bond donors (Lipinski definition) is 1. The van der Waals surface area contributed by atoms with Crippen LogP contribution in [0.3, 0.4) is 0 Å². The number of aromatic nitrogens is 3. The van der Waals surface area contributed by atoms with Gasteiger partial charge in [0, 0.05) is 18.3 Å². The quantitative estimate of drug-likeness (QED) is 0.907. The van der Waals surface area contributed by atoms with Gasteiger partial charge in [-0.25, -0.2) is 4.98 Å². The SMILES string of the molecule is CCOc1ncccc1CNc1nnc(C)c(C)c1C#N. The van der Waals surface area contributed by atoms with Gasteiger partial charge in [-0.15, -0.1) is 5.10 Å². The van der Waals surface area contributed by atoms with Crippen molar-refractivity contribution < 1.29 is 4.74 Å². The molecular formula is C15H17N5O. The molecule has 0 aliphatic heterocycles. The maximum Gasteiger partial charge on any atom is 0.218 e. The number of nitrogens with one attached hydrogen (secondary N) is 1. The van der Waals surface area contributed by atoms with Crippen molar-refractivity contribution in [3.8, 4) is 11.9 Å². The molecule has 6 heteroatoms. The summed E-state index contributed by atoms with van der Waals surface area (Å²) >= 11 is 0. The van der Waals surface area contributed by atoms with Gasteiger partial charge < -0.3 is 10.1 Å². The molecule has 2 heterocycles. The molecule has 0 atom stereocenters. The molecule has 0 saturated carbocycles. The van der Waals surface area contributed by atoms with Crippen LogP contribution in [0.2, 0.25) is 0 Å². The molecule has 0 aromatic carbocycles. The van der Waals surface area contributed by atoms with Gasteiger partial charge in [-0.1, -0.05) is 6.07 Å². The number of ether oxygens (including phenoxy) is 1. The monoisotopic (exact) mass is 283 g/mol. The average Bonchev–Trinajstić information content (AvgIpc) is 2.50. The lowest BCUT2D eigenvalue weighted by molar-refractivity contribution is 0.323. The van der Waals surface area contributed by atoms with Gasteiger partial charge in [-0.05, 0) is 32.4 Å². The standard InChI is InChI=1S/C15H17N5O/c1-4-21-15-12(6-5-7-17-15)9-18-14-13(8-16)10(2)11(3)19-20-14/h5-7H,4,9H2,1-3H3,(H,18,20). The molecule has 6 nitrogen and oxygen atoms in total. The van der Waals surface area contributed by atoms with Crippen LogP contribution in [0.25, 0.3) is 0 Å². The summed E-state index contributed by atoms with van der Waals surface area (Å²) in [5.41, 5.74) is 3.02. The van der Waals surface area contributed by atoms with E-state index in [1.807, 2.05) is 32.9 Å². The van der Waals surface area contributed by atoms with Gasteiger partial charge in [0.05, 0.1) is 12.3 Å². The van der Waals surface area contributed by atoms with E-state index in [0.717, 1.165) is 16.8 Å². The predicted octanol–water partition coefficient (Wildman–Crippen LogP) is 2.37. The van der Waals surface area contributed by atoms with Crippen LogP contribution in [0.4, 0.5) is 5.82 Å². The Morgan fingerprint density at radius 3 is 2.86 bits per heavy atom. The third-order valence-corrected chi connectivity index (χ3v) is 3.14. The van der Waals surface area contributed by atoms with Gasteiger partial charge in [0.2, 0.25) is 5.88 Å². The van der Waals surface area contributed by atoms with Crippen LogP contribution in [0.5, 0.6) is 5.88 Å². The van der Waals surface area contributed by atoms with E-state index in [9.17, 15) is 5.26 Å². The van der Waals surface area contributed by atoms with Crippen LogP contribution in [0, 0.1) is 25.2 Å². The first-order chi connectivity index (χ1) is 10.2. The molecule has 0 unspecified atom stereocenters. The normalized spacial score (nSPS) is 10.0. The Morgan fingerprint density at radius 1 is 1.33 bits per heavy atom. The van der Waals surface area contributed by atoms with Gasteiger partial charge in [0.15, 0.2) is 5.82 Å². The lowest BCUT2D eigenvalue weighted by Gasteiger charge is -2.11. The highest BCUT2D eigenvalue weighted by atomic mass is 16.5. The highest BCUT2D eigenvalue weighted by Crippen LogP contribution is 2.20. The molecule has 0 bridgehead atoms. The van der Waals surface area contributed by atoms with E-state index in [0.29, 0.717) is 30.4 Å². The molecule has 0 fully saturated rings. The first kappa shape index (κ1) is 14.7. The third kappa shape index (κ3) is 3.26. The van der Waals surface area contributed by atoms with Crippen molar-refractivity contribution in [1.29, 1.82) is 5.26 Å². The minimum Gasteiger partial charge on any atom is -0.478 e. The van der Waals surface area contributed by atoms with Crippen molar-refractivity contribution in [1.82, 2.24) is 15.2 Å². The summed E-state index contributed by atoms with van der Waals surface area (Å²) in [5.74, 6) is 1.06. The maximum atomic E-state index is 9.26. The summed E-state index contributed by atoms with van der Waals surface area (Å²) in [5, 5.41) is 20.5. The van der Waals surface area contributed by atoms with E-state index in [1.165, 1.54) is 0 Å². The molecule has 0 saturated heterocycles. The Hall–Kier alpha value is -2.68. The summed E-state index contributed by atoms with van der Waals surface area (Å²) in [4.78, 5) is 4.19. The molecule has 1 N–H and O–H groups in total. The van der Waals surface area contributed by atoms with Gasteiger partial charge in [0.1, 0.15) is 11.6 Å². The van der Waals surface area contributed by atoms with Crippen LogP contribution in [-0.4, -0.2) is 21.8 Å². The Labute approximate surface area is 123 Å². The van der Waals surface area contributed by atoms with Crippen LogP contribution in [-0.2, 0) is 6.54 Å². The predicted molar refractivity (Wildman–Crippen MR) is 79.0 cm³/mol. The zero-order valence-electron chi connectivity index (χ0n) is 12.3. The lowest BCUT2D eigenvalue weighted by atomic mass is 10.1. The molecule has 0 amide bonds. The summed E-state index contributed by atoms with van der Waals surface area (Å²) in [6.07, 6.45) is 1.69. The smallest absolute Gasteiger partial charge is 0.218 e. The maximum absolute atomic E-state index is 9.26. The molecule has 0 radical (unpaired) electrons. The lowest BCUT2D eigenvalue weighted by Crippen LogP contribution is -2.09.